The molecule has 152 valence electrons. The molecular formula is C20H20FN3O3S2. The highest BCUT2D eigenvalue weighted by Gasteiger charge is 2.31. The van der Waals surface area contributed by atoms with Gasteiger partial charge in [-0.3, -0.25) is 4.79 Å². The van der Waals surface area contributed by atoms with E-state index in [0.29, 0.717) is 18.8 Å². The quantitative estimate of drug-likeness (QED) is 0.658. The van der Waals surface area contributed by atoms with Crippen molar-refractivity contribution in [1.29, 1.82) is 0 Å². The van der Waals surface area contributed by atoms with Crippen molar-refractivity contribution in [1.82, 2.24) is 8.87 Å². The number of thiophene rings is 1. The molecule has 0 aliphatic carbocycles. The van der Waals surface area contributed by atoms with Crippen LogP contribution in [0.1, 0.15) is 28.9 Å². The van der Waals surface area contributed by atoms with Crippen LogP contribution in [-0.2, 0) is 10.0 Å². The maximum absolute atomic E-state index is 14.3. The fourth-order valence-electron chi connectivity index (χ4n) is 3.37. The summed E-state index contributed by atoms with van der Waals surface area (Å²) in [4.78, 5) is 12.9. The second-order valence-electron chi connectivity index (χ2n) is 6.79. The first-order valence-electron chi connectivity index (χ1n) is 9.29. The molecule has 0 radical (unpaired) electrons. The van der Waals surface area contributed by atoms with Crippen LogP contribution in [0.3, 0.4) is 0 Å². The number of anilines is 1. The molecule has 3 heterocycles. The van der Waals surface area contributed by atoms with Crippen LogP contribution in [-0.4, -0.2) is 36.3 Å². The van der Waals surface area contributed by atoms with Crippen LogP contribution in [0.25, 0.3) is 5.69 Å². The van der Waals surface area contributed by atoms with E-state index in [-0.39, 0.29) is 15.5 Å². The van der Waals surface area contributed by atoms with Gasteiger partial charge < -0.3 is 9.88 Å². The molecule has 4 rings (SSSR count). The topological polar surface area (TPSA) is 71.4 Å². The van der Waals surface area contributed by atoms with E-state index < -0.39 is 21.7 Å². The highest BCUT2D eigenvalue weighted by Crippen LogP contribution is 2.29. The molecule has 29 heavy (non-hydrogen) atoms. The Morgan fingerprint density at radius 3 is 2.52 bits per heavy atom. The predicted molar refractivity (Wildman–Crippen MR) is 111 cm³/mol. The fraction of sp³-hybridized carbons (Fsp3) is 0.250. The van der Waals surface area contributed by atoms with Gasteiger partial charge >= 0.3 is 0 Å². The largest absolute Gasteiger partial charge is 0.324 e. The van der Waals surface area contributed by atoms with Crippen molar-refractivity contribution < 1.29 is 17.6 Å². The summed E-state index contributed by atoms with van der Waals surface area (Å²) in [6.45, 7) is 0.902. The molecule has 0 bridgehead atoms. The average Bonchev–Trinajstić information content (AvgIpc) is 3.43. The number of halogens is 1. The Balaban J connectivity index is 1.61. The number of amides is 1. The Morgan fingerprint density at radius 2 is 1.79 bits per heavy atom. The minimum Gasteiger partial charge on any atom is -0.324 e. The third-order valence-corrected chi connectivity index (χ3v) is 7.85. The second-order valence-corrected chi connectivity index (χ2v) is 9.61. The minimum atomic E-state index is -3.76. The number of rotatable bonds is 5. The number of sulfonamides is 1. The van der Waals surface area contributed by atoms with Crippen LogP contribution in [0.4, 0.5) is 10.1 Å². The lowest BCUT2D eigenvalue weighted by atomic mass is 10.2. The lowest BCUT2D eigenvalue weighted by molar-refractivity contribution is 0.102. The highest BCUT2D eigenvalue weighted by molar-refractivity contribution is 7.89. The number of nitrogens with one attached hydrogen (secondary N) is 1. The van der Waals surface area contributed by atoms with Gasteiger partial charge in [0.05, 0.1) is 5.69 Å². The Labute approximate surface area is 172 Å². The first-order valence-corrected chi connectivity index (χ1v) is 11.6. The van der Waals surface area contributed by atoms with Crippen molar-refractivity contribution >= 4 is 33.0 Å². The minimum absolute atomic E-state index is 0.00378. The maximum atomic E-state index is 14.3. The number of piperidine rings is 1. The van der Waals surface area contributed by atoms with Crippen LogP contribution in [0.2, 0.25) is 0 Å². The molecular weight excluding hydrogens is 413 g/mol. The normalized spacial score (nSPS) is 15.3. The molecule has 1 aromatic carbocycles. The summed E-state index contributed by atoms with van der Waals surface area (Å²) in [5.41, 5.74) is 0.676. The summed E-state index contributed by atoms with van der Waals surface area (Å²) in [6, 6.07) is 9.50. The van der Waals surface area contributed by atoms with Crippen molar-refractivity contribution in [3.05, 3.63) is 64.9 Å². The van der Waals surface area contributed by atoms with E-state index in [9.17, 15) is 17.6 Å². The molecule has 3 aromatic rings. The molecule has 1 fully saturated rings. The van der Waals surface area contributed by atoms with Crippen molar-refractivity contribution in [2.45, 2.75) is 24.2 Å². The van der Waals surface area contributed by atoms with Gasteiger partial charge in [0.1, 0.15) is 15.6 Å². The number of carbonyl (C=O) groups excluding carboxylic acids is 1. The van der Waals surface area contributed by atoms with Gasteiger partial charge in [-0.05, 0) is 54.6 Å². The predicted octanol–water partition coefficient (Wildman–Crippen LogP) is 4.10. The Bertz CT molecular complexity index is 1120. The molecule has 0 atom stereocenters. The van der Waals surface area contributed by atoms with E-state index in [1.165, 1.54) is 22.5 Å². The summed E-state index contributed by atoms with van der Waals surface area (Å²) in [5, 5.41) is 4.10. The molecule has 9 heteroatoms. The van der Waals surface area contributed by atoms with Gasteiger partial charge in [-0.1, -0.05) is 6.42 Å². The Hall–Kier alpha value is -2.49. The third-order valence-electron chi connectivity index (χ3n) is 4.87. The van der Waals surface area contributed by atoms with E-state index in [1.807, 2.05) is 12.1 Å². The molecule has 1 aliphatic rings. The molecule has 1 N–H and O–H groups in total. The van der Waals surface area contributed by atoms with Crippen LogP contribution in [0, 0.1) is 5.82 Å². The summed E-state index contributed by atoms with van der Waals surface area (Å²) < 4.78 is 43.5. The first kappa shape index (κ1) is 19.8. The molecule has 0 spiro atoms. The van der Waals surface area contributed by atoms with Crippen molar-refractivity contribution in [2.24, 2.45) is 0 Å². The van der Waals surface area contributed by atoms with E-state index in [0.717, 1.165) is 30.6 Å². The van der Waals surface area contributed by atoms with Crippen LogP contribution in [0.15, 0.2) is 59.1 Å². The summed E-state index contributed by atoms with van der Waals surface area (Å²) in [7, 11) is -3.76. The van der Waals surface area contributed by atoms with Gasteiger partial charge in [0.15, 0.2) is 0 Å². The molecule has 6 nitrogen and oxygen atoms in total. The van der Waals surface area contributed by atoms with Gasteiger partial charge in [-0.2, -0.15) is 4.31 Å². The van der Waals surface area contributed by atoms with E-state index in [2.05, 4.69) is 5.32 Å². The molecule has 1 aliphatic heterocycles. The van der Waals surface area contributed by atoms with E-state index in [4.69, 9.17) is 0 Å². The van der Waals surface area contributed by atoms with Crippen molar-refractivity contribution in [3.8, 4) is 5.69 Å². The lowest BCUT2D eigenvalue weighted by Gasteiger charge is -2.25. The van der Waals surface area contributed by atoms with Crippen LogP contribution >= 0.6 is 11.3 Å². The molecule has 1 saturated heterocycles. The standard InChI is InChI=1S/C20H20FN3O3S2/c21-16-7-6-15(23-9-4-5-10-23)14-17(16)22-20(25)19-18(8-13-28-19)29(26,27)24-11-2-1-3-12-24/h4-10,13-14H,1-3,11-12H2,(H,22,25). The number of hydrogen-bond acceptors (Lipinski definition) is 4. The number of benzene rings is 1. The lowest BCUT2D eigenvalue weighted by Crippen LogP contribution is -2.36. The summed E-state index contributed by atoms with van der Waals surface area (Å²) in [6.07, 6.45) is 6.23. The Kier molecular flexibility index (Phi) is 5.53. The fourth-order valence-corrected chi connectivity index (χ4v) is 6.18. The number of aromatic nitrogens is 1. The van der Waals surface area contributed by atoms with E-state index in [1.54, 1.807) is 28.4 Å². The number of hydrogen-bond donors (Lipinski definition) is 1. The van der Waals surface area contributed by atoms with Crippen LogP contribution < -0.4 is 5.32 Å². The summed E-state index contributed by atoms with van der Waals surface area (Å²) >= 11 is 1.03. The Morgan fingerprint density at radius 1 is 1.07 bits per heavy atom. The summed E-state index contributed by atoms with van der Waals surface area (Å²) in [5.74, 6) is -1.23. The van der Waals surface area contributed by atoms with Gasteiger partial charge in [-0.25, -0.2) is 12.8 Å². The smallest absolute Gasteiger partial charge is 0.267 e. The highest BCUT2D eigenvalue weighted by atomic mass is 32.2. The van der Waals surface area contributed by atoms with Crippen molar-refractivity contribution in [2.75, 3.05) is 18.4 Å². The van der Waals surface area contributed by atoms with Gasteiger partial charge in [-0.15, -0.1) is 11.3 Å². The van der Waals surface area contributed by atoms with Gasteiger partial charge in [0.25, 0.3) is 5.91 Å². The zero-order valence-corrected chi connectivity index (χ0v) is 17.2. The van der Waals surface area contributed by atoms with Gasteiger partial charge in [0, 0.05) is 31.2 Å². The number of nitrogens with zero attached hydrogens (tertiary/aromatic N) is 2. The second kappa shape index (κ2) is 8.10. The zero-order chi connectivity index (χ0) is 20.4. The van der Waals surface area contributed by atoms with Crippen LogP contribution in [0.5, 0.6) is 0 Å². The maximum Gasteiger partial charge on any atom is 0.267 e. The third kappa shape index (κ3) is 3.98. The average molecular weight is 434 g/mol. The SMILES string of the molecule is O=C(Nc1cc(-n2cccc2)ccc1F)c1sccc1S(=O)(=O)N1CCCCC1. The molecule has 0 unspecified atom stereocenters. The monoisotopic (exact) mass is 433 g/mol. The van der Waals surface area contributed by atoms with Gasteiger partial charge in [0.2, 0.25) is 10.0 Å². The number of carbonyl (C=O) groups is 1. The van der Waals surface area contributed by atoms with E-state index >= 15 is 0 Å². The zero-order valence-electron chi connectivity index (χ0n) is 15.5. The molecule has 2 aromatic heterocycles. The molecule has 0 saturated carbocycles. The first-order chi connectivity index (χ1) is 14.0. The van der Waals surface area contributed by atoms with Crippen molar-refractivity contribution in [3.63, 3.8) is 0 Å². The molecule has 1 amide bonds.